The van der Waals surface area contributed by atoms with Crippen LogP contribution in [0.25, 0.3) is 0 Å². The van der Waals surface area contributed by atoms with E-state index in [4.69, 9.17) is 16.3 Å². The van der Waals surface area contributed by atoms with Crippen LogP contribution in [0.1, 0.15) is 33.5 Å². The molecular weight excluding hydrogens is 389 g/mol. The summed E-state index contributed by atoms with van der Waals surface area (Å²) in [5.74, 6) is -1.19. The van der Waals surface area contributed by atoms with Crippen molar-refractivity contribution < 1.29 is 18.7 Å². The second kappa shape index (κ2) is 8.22. The van der Waals surface area contributed by atoms with Crippen molar-refractivity contribution in [2.75, 3.05) is 11.9 Å². The first kappa shape index (κ1) is 19.6. The molecule has 0 saturated heterocycles. The SMILES string of the molecule is CCOC(=O)c1cc(C(=O)Nc2ccn(Cc3ccc(F)cc3Cl)n2)nn1C. The number of esters is 1. The van der Waals surface area contributed by atoms with Crippen LogP contribution in [-0.2, 0) is 18.3 Å². The van der Waals surface area contributed by atoms with E-state index in [1.54, 1.807) is 37.0 Å². The molecule has 0 aliphatic rings. The van der Waals surface area contributed by atoms with Gasteiger partial charge in [-0.05, 0) is 24.6 Å². The number of hydrogen-bond acceptors (Lipinski definition) is 5. The van der Waals surface area contributed by atoms with Gasteiger partial charge in [-0.15, -0.1) is 0 Å². The number of amides is 1. The zero-order chi connectivity index (χ0) is 20.3. The molecule has 0 spiro atoms. The van der Waals surface area contributed by atoms with Gasteiger partial charge in [0.2, 0.25) is 0 Å². The molecule has 0 atom stereocenters. The van der Waals surface area contributed by atoms with Gasteiger partial charge < -0.3 is 10.1 Å². The van der Waals surface area contributed by atoms with E-state index >= 15 is 0 Å². The van der Waals surface area contributed by atoms with Crippen LogP contribution in [0.5, 0.6) is 0 Å². The first-order valence-electron chi connectivity index (χ1n) is 8.37. The standard InChI is InChI=1S/C18H17ClFN5O3/c1-3-28-18(27)15-9-14(22-24(15)2)17(26)21-16-6-7-25(23-16)10-11-4-5-12(20)8-13(11)19/h4-9H,3,10H2,1-2H3,(H,21,23,26). The summed E-state index contributed by atoms with van der Waals surface area (Å²) < 4.78 is 20.9. The molecule has 1 N–H and O–H groups in total. The molecular formula is C18H17ClFN5O3. The lowest BCUT2D eigenvalue weighted by molar-refractivity contribution is 0.0513. The Bertz CT molecular complexity index is 1030. The minimum Gasteiger partial charge on any atom is -0.461 e. The number of rotatable bonds is 6. The Kier molecular flexibility index (Phi) is 5.74. The van der Waals surface area contributed by atoms with Crippen molar-refractivity contribution in [2.24, 2.45) is 7.05 Å². The minimum atomic E-state index is -0.558. The molecule has 8 nitrogen and oxygen atoms in total. The van der Waals surface area contributed by atoms with Crippen LogP contribution in [0.2, 0.25) is 5.02 Å². The van der Waals surface area contributed by atoms with Gasteiger partial charge >= 0.3 is 5.97 Å². The fraction of sp³-hybridized carbons (Fsp3) is 0.222. The number of hydrogen-bond donors (Lipinski definition) is 1. The van der Waals surface area contributed by atoms with Gasteiger partial charge in [0.25, 0.3) is 5.91 Å². The number of carbonyl (C=O) groups is 2. The number of ether oxygens (including phenoxy) is 1. The summed E-state index contributed by atoms with van der Waals surface area (Å²) in [5.41, 5.74) is 0.915. The highest BCUT2D eigenvalue weighted by Gasteiger charge is 2.19. The van der Waals surface area contributed by atoms with Crippen LogP contribution in [0.4, 0.5) is 10.2 Å². The number of halogens is 2. The Balaban J connectivity index is 1.69. The maximum Gasteiger partial charge on any atom is 0.356 e. The first-order chi connectivity index (χ1) is 13.4. The Morgan fingerprint density at radius 2 is 2.04 bits per heavy atom. The summed E-state index contributed by atoms with van der Waals surface area (Å²) in [6, 6.07) is 7.07. The van der Waals surface area contributed by atoms with E-state index in [1.165, 1.54) is 22.9 Å². The van der Waals surface area contributed by atoms with E-state index in [0.717, 1.165) is 0 Å². The van der Waals surface area contributed by atoms with Crippen molar-refractivity contribution in [3.05, 3.63) is 64.3 Å². The lowest BCUT2D eigenvalue weighted by Crippen LogP contribution is -2.14. The summed E-state index contributed by atoms with van der Waals surface area (Å²) in [4.78, 5) is 24.2. The van der Waals surface area contributed by atoms with Gasteiger partial charge in [-0.2, -0.15) is 10.2 Å². The third-order valence-electron chi connectivity index (χ3n) is 3.83. The number of nitrogens with zero attached hydrogens (tertiary/aromatic N) is 4. The highest BCUT2D eigenvalue weighted by atomic mass is 35.5. The first-order valence-corrected chi connectivity index (χ1v) is 8.75. The molecule has 3 aromatic rings. The highest BCUT2D eigenvalue weighted by molar-refractivity contribution is 6.31. The summed E-state index contributed by atoms with van der Waals surface area (Å²) in [7, 11) is 1.55. The van der Waals surface area contributed by atoms with Crippen molar-refractivity contribution in [2.45, 2.75) is 13.5 Å². The predicted octanol–water partition coefficient (Wildman–Crippen LogP) is 2.89. The molecule has 0 aliphatic heterocycles. The van der Waals surface area contributed by atoms with Crippen LogP contribution < -0.4 is 5.32 Å². The maximum atomic E-state index is 13.1. The number of carbonyl (C=O) groups excluding carboxylic acids is 2. The second-order valence-electron chi connectivity index (χ2n) is 5.85. The third kappa shape index (κ3) is 4.37. The predicted molar refractivity (Wildman–Crippen MR) is 99.9 cm³/mol. The quantitative estimate of drug-likeness (QED) is 0.637. The summed E-state index contributed by atoms with van der Waals surface area (Å²) in [6.07, 6.45) is 1.65. The van der Waals surface area contributed by atoms with Crippen molar-refractivity contribution in [1.82, 2.24) is 19.6 Å². The van der Waals surface area contributed by atoms with E-state index in [0.29, 0.717) is 22.9 Å². The molecule has 2 heterocycles. The topological polar surface area (TPSA) is 91.0 Å². The molecule has 2 aromatic heterocycles. The molecule has 0 bridgehead atoms. The van der Waals surface area contributed by atoms with E-state index < -0.39 is 17.7 Å². The monoisotopic (exact) mass is 405 g/mol. The highest BCUT2D eigenvalue weighted by Crippen LogP contribution is 2.18. The van der Waals surface area contributed by atoms with Crippen molar-refractivity contribution in [3.63, 3.8) is 0 Å². The second-order valence-corrected chi connectivity index (χ2v) is 6.25. The smallest absolute Gasteiger partial charge is 0.356 e. The van der Waals surface area contributed by atoms with Crippen LogP contribution in [0.15, 0.2) is 36.5 Å². The fourth-order valence-electron chi connectivity index (χ4n) is 2.50. The van der Waals surface area contributed by atoms with E-state index in [2.05, 4.69) is 15.5 Å². The Morgan fingerprint density at radius 3 is 2.75 bits per heavy atom. The zero-order valence-electron chi connectivity index (χ0n) is 15.1. The van der Waals surface area contributed by atoms with Crippen LogP contribution >= 0.6 is 11.6 Å². The van der Waals surface area contributed by atoms with Crippen LogP contribution in [0, 0.1) is 5.82 Å². The Hall–Kier alpha value is -3.20. The van der Waals surface area contributed by atoms with E-state index in [1.807, 2.05) is 0 Å². The minimum absolute atomic E-state index is 0.0571. The Labute approximate surface area is 164 Å². The molecule has 1 aromatic carbocycles. The zero-order valence-corrected chi connectivity index (χ0v) is 15.9. The molecule has 0 aliphatic carbocycles. The van der Waals surface area contributed by atoms with Crippen LogP contribution in [0.3, 0.4) is 0 Å². The van der Waals surface area contributed by atoms with Gasteiger partial charge in [0.15, 0.2) is 11.5 Å². The lowest BCUT2D eigenvalue weighted by atomic mass is 10.2. The molecule has 28 heavy (non-hydrogen) atoms. The molecule has 0 unspecified atom stereocenters. The molecule has 3 rings (SSSR count). The Morgan fingerprint density at radius 1 is 1.25 bits per heavy atom. The molecule has 0 saturated carbocycles. The molecule has 1 amide bonds. The third-order valence-corrected chi connectivity index (χ3v) is 4.18. The summed E-state index contributed by atoms with van der Waals surface area (Å²) in [5, 5.41) is 11.2. The van der Waals surface area contributed by atoms with Gasteiger partial charge in [0.05, 0.1) is 13.2 Å². The van der Waals surface area contributed by atoms with Crippen molar-refractivity contribution >= 4 is 29.3 Å². The fourth-order valence-corrected chi connectivity index (χ4v) is 2.72. The summed E-state index contributed by atoms with van der Waals surface area (Å²) >= 11 is 6.02. The average Bonchev–Trinajstić information content (AvgIpc) is 3.24. The molecule has 10 heteroatoms. The maximum absolute atomic E-state index is 13.1. The number of aromatic nitrogens is 4. The van der Waals surface area contributed by atoms with Gasteiger partial charge in [-0.25, -0.2) is 9.18 Å². The van der Waals surface area contributed by atoms with Gasteiger partial charge in [0, 0.05) is 30.4 Å². The number of benzene rings is 1. The van der Waals surface area contributed by atoms with Gasteiger partial charge in [0.1, 0.15) is 11.5 Å². The van der Waals surface area contributed by atoms with Crippen LogP contribution in [-0.4, -0.2) is 38.0 Å². The largest absolute Gasteiger partial charge is 0.461 e. The summed E-state index contributed by atoms with van der Waals surface area (Å²) in [6.45, 7) is 2.23. The number of aryl methyl sites for hydroxylation is 1. The molecule has 0 radical (unpaired) electrons. The van der Waals surface area contributed by atoms with E-state index in [-0.39, 0.29) is 18.0 Å². The van der Waals surface area contributed by atoms with Crippen molar-refractivity contribution in [1.29, 1.82) is 0 Å². The van der Waals surface area contributed by atoms with Gasteiger partial charge in [-0.3, -0.25) is 14.2 Å². The average molecular weight is 406 g/mol. The van der Waals surface area contributed by atoms with E-state index in [9.17, 15) is 14.0 Å². The van der Waals surface area contributed by atoms with Crippen molar-refractivity contribution in [3.8, 4) is 0 Å². The number of nitrogens with one attached hydrogen (secondary N) is 1. The normalized spacial score (nSPS) is 10.7. The molecule has 0 fully saturated rings. The lowest BCUT2D eigenvalue weighted by Gasteiger charge is -2.04. The number of anilines is 1. The van der Waals surface area contributed by atoms with Gasteiger partial charge in [-0.1, -0.05) is 17.7 Å². The molecule has 146 valence electrons.